The summed E-state index contributed by atoms with van der Waals surface area (Å²) in [6.45, 7) is 5.58. The predicted octanol–water partition coefficient (Wildman–Crippen LogP) is 4.81. The van der Waals surface area contributed by atoms with Crippen LogP contribution in [0.4, 0.5) is 5.13 Å². The van der Waals surface area contributed by atoms with Gasteiger partial charge in [0.1, 0.15) is 0 Å². The maximum Gasteiger partial charge on any atom is 0.236 e. The van der Waals surface area contributed by atoms with E-state index in [1.54, 1.807) is 0 Å². The molecule has 0 spiro atoms. The normalized spacial score (nSPS) is 16.1. The molecule has 1 aromatic heterocycles. The van der Waals surface area contributed by atoms with Crippen molar-refractivity contribution >= 4 is 34.1 Å². The standard InChI is InChI=1S/C20H28N4OS2/c1-3-24(17-12-8-5-9-13-17)18(25)15(2)26-20-23-22-19(27-20)21-14-16-10-6-4-7-11-16/h4,6-7,10-11,15,17H,3,5,8-9,12-14H2,1-2H3,(H,21,22)/t15-/m0/s1. The first-order chi connectivity index (χ1) is 13.2. The van der Waals surface area contributed by atoms with Crippen LogP contribution < -0.4 is 5.32 Å². The summed E-state index contributed by atoms with van der Waals surface area (Å²) < 4.78 is 0.839. The van der Waals surface area contributed by atoms with E-state index >= 15 is 0 Å². The Bertz CT molecular complexity index is 716. The van der Waals surface area contributed by atoms with Crippen molar-refractivity contribution in [2.24, 2.45) is 0 Å². The Hall–Kier alpha value is -1.60. The average Bonchev–Trinajstić information content (AvgIpc) is 3.16. The number of nitrogens with zero attached hydrogens (tertiary/aromatic N) is 3. The number of carbonyl (C=O) groups excluding carboxylic acids is 1. The quantitative estimate of drug-likeness (QED) is 0.640. The number of anilines is 1. The molecular formula is C20H28N4OS2. The van der Waals surface area contributed by atoms with E-state index in [9.17, 15) is 4.79 Å². The molecule has 0 bridgehead atoms. The second kappa shape index (κ2) is 10.1. The Kier molecular flexibility index (Phi) is 7.52. The van der Waals surface area contributed by atoms with Gasteiger partial charge in [0, 0.05) is 19.1 Å². The van der Waals surface area contributed by atoms with Gasteiger partial charge in [-0.25, -0.2) is 0 Å². The molecule has 1 atom stereocenters. The van der Waals surface area contributed by atoms with Crippen molar-refractivity contribution in [2.45, 2.75) is 68.1 Å². The first-order valence-electron chi connectivity index (χ1n) is 9.75. The average molecular weight is 405 g/mol. The maximum atomic E-state index is 12.9. The number of benzene rings is 1. The van der Waals surface area contributed by atoms with Crippen LogP contribution in [0.1, 0.15) is 51.5 Å². The SMILES string of the molecule is CCN(C(=O)[C@H](C)Sc1nnc(NCc2ccccc2)s1)C1CCCCC1. The Balaban J connectivity index is 1.53. The molecule has 1 amide bonds. The van der Waals surface area contributed by atoms with Crippen LogP contribution in [0.25, 0.3) is 0 Å². The zero-order chi connectivity index (χ0) is 19.1. The topological polar surface area (TPSA) is 58.1 Å². The van der Waals surface area contributed by atoms with Crippen molar-refractivity contribution in [2.75, 3.05) is 11.9 Å². The van der Waals surface area contributed by atoms with Gasteiger partial charge >= 0.3 is 0 Å². The van der Waals surface area contributed by atoms with E-state index in [-0.39, 0.29) is 11.2 Å². The lowest BCUT2D eigenvalue weighted by Crippen LogP contribution is -2.44. The third-order valence-corrected chi connectivity index (χ3v) is 7.01. The molecule has 3 rings (SSSR count). The van der Waals surface area contributed by atoms with E-state index in [1.807, 2.05) is 25.1 Å². The molecule has 5 nitrogen and oxygen atoms in total. The Morgan fingerprint density at radius 3 is 2.70 bits per heavy atom. The predicted molar refractivity (Wildman–Crippen MR) is 113 cm³/mol. The van der Waals surface area contributed by atoms with Crippen molar-refractivity contribution < 1.29 is 4.79 Å². The van der Waals surface area contributed by atoms with Crippen LogP contribution in [0.2, 0.25) is 0 Å². The number of carbonyl (C=O) groups is 1. The minimum Gasteiger partial charge on any atom is -0.356 e. The molecule has 0 unspecified atom stereocenters. The molecule has 146 valence electrons. The molecule has 0 radical (unpaired) electrons. The van der Waals surface area contributed by atoms with Crippen molar-refractivity contribution in [3.05, 3.63) is 35.9 Å². The van der Waals surface area contributed by atoms with Crippen LogP contribution in [0.15, 0.2) is 34.7 Å². The Labute approximate surface area is 170 Å². The molecule has 1 fully saturated rings. The van der Waals surface area contributed by atoms with Crippen molar-refractivity contribution in [1.29, 1.82) is 0 Å². The number of hydrogen-bond acceptors (Lipinski definition) is 6. The van der Waals surface area contributed by atoms with Crippen LogP contribution in [-0.2, 0) is 11.3 Å². The minimum atomic E-state index is -0.137. The number of nitrogens with one attached hydrogen (secondary N) is 1. The molecular weight excluding hydrogens is 376 g/mol. The lowest BCUT2D eigenvalue weighted by molar-refractivity contribution is -0.133. The van der Waals surface area contributed by atoms with Gasteiger partial charge in [0.25, 0.3) is 0 Å². The van der Waals surface area contributed by atoms with Crippen LogP contribution in [0.3, 0.4) is 0 Å². The maximum absolute atomic E-state index is 12.9. The van der Waals surface area contributed by atoms with Crippen molar-refractivity contribution in [3.63, 3.8) is 0 Å². The summed E-state index contributed by atoms with van der Waals surface area (Å²) in [5, 5.41) is 12.4. The highest BCUT2D eigenvalue weighted by atomic mass is 32.2. The zero-order valence-corrected chi connectivity index (χ0v) is 17.7. The monoisotopic (exact) mass is 404 g/mol. The van der Waals surface area contributed by atoms with Gasteiger partial charge in [-0.2, -0.15) is 0 Å². The third kappa shape index (κ3) is 5.69. The van der Waals surface area contributed by atoms with Gasteiger partial charge in [0.2, 0.25) is 11.0 Å². The lowest BCUT2D eigenvalue weighted by Gasteiger charge is -2.35. The highest BCUT2D eigenvalue weighted by Gasteiger charge is 2.28. The van der Waals surface area contributed by atoms with Crippen molar-refractivity contribution in [3.8, 4) is 0 Å². The fourth-order valence-electron chi connectivity index (χ4n) is 3.52. The van der Waals surface area contributed by atoms with E-state index in [1.165, 1.54) is 47.9 Å². The second-order valence-corrected chi connectivity index (χ2v) is 9.45. The molecule has 2 aromatic rings. The van der Waals surface area contributed by atoms with Gasteiger partial charge in [-0.15, -0.1) is 10.2 Å². The lowest BCUT2D eigenvalue weighted by atomic mass is 9.94. The summed E-state index contributed by atoms with van der Waals surface area (Å²) in [6, 6.07) is 10.6. The summed E-state index contributed by atoms with van der Waals surface area (Å²) >= 11 is 3.03. The summed E-state index contributed by atoms with van der Waals surface area (Å²) in [4.78, 5) is 15.0. The molecule has 1 heterocycles. The van der Waals surface area contributed by atoms with Crippen LogP contribution >= 0.6 is 23.1 Å². The van der Waals surface area contributed by atoms with E-state index in [4.69, 9.17) is 0 Å². The molecule has 1 aromatic carbocycles. The fraction of sp³-hybridized carbons (Fsp3) is 0.550. The summed E-state index contributed by atoms with van der Waals surface area (Å²) in [5.74, 6) is 0.225. The number of hydrogen-bond donors (Lipinski definition) is 1. The molecule has 1 saturated carbocycles. The highest BCUT2D eigenvalue weighted by Crippen LogP contribution is 2.31. The summed E-state index contributed by atoms with van der Waals surface area (Å²) in [6.07, 6.45) is 6.06. The van der Waals surface area contributed by atoms with Gasteiger partial charge in [0.15, 0.2) is 4.34 Å². The molecule has 0 saturated heterocycles. The molecule has 1 aliphatic rings. The van der Waals surface area contributed by atoms with Gasteiger partial charge in [-0.3, -0.25) is 4.79 Å². The zero-order valence-electron chi connectivity index (χ0n) is 16.1. The number of rotatable bonds is 8. The van der Waals surface area contributed by atoms with Gasteiger partial charge in [-0.05, 0) is 32.3 Å². The van der Waals surface area contributed by atoms with Crippen LogP contribution in [-0.4, -0.2) is 38.8 Å². The number of thioether (sulfide) groups is 1. The largest absolute Gasteiger partial charge is 0.356 e. The smallest absolute Gasteiger partial charge is 0.236 e. The molecule has 7 heteroatoms. The summed E-state index contributed by atoms with van der Waals surface area (Å²) in [7, 11) is 0. The second-order valence-electron chi connectivity index (χ2n) is 6.89. The van der Waals surface area contributed by atoms with E-state index in [2.05, 4.69) is 39.5 Å². The number of amides is 1. The van der Waals surface area contributed by atoms with Crippen LogP contribution in [0, 0.1) is 0 Å². The van der Waals surface area contributed by atoms with Gasteiger partial charge in [0.05, 0.1) is 5.25 Å². The first kappa shape index (κ1) is 20.1. The van der Waals surface area contributed by atoms with E-state index in [0.717, 1.165) is 35.4 Å². The Morgan fingerprint density at radius 2 is 2.00 bits per heavy atom. The van der Waals surface area contributed by atoms with E-state index in [0.29, 0.717) is 6.04 Å². The van der Waals surface area contributed by atoms with Crippen molar-refractivity contribution in [1.82, 2.24) is 15.1 Å². The molecule has 1 N–H and O–H groups in total. The Morgan fingerprint density at radius 1 is 1.26 bits per heavy atom. The minimum absolute atomic E-state index is 0.137. The molecule has 27 heavy (non-hydrogen) atoms. The third-order valence-electron chi connectivity index (χ3n) is 4.96. The van der Waals surface area contributed by atoms with Gasteiger partial charge < -0.3 is 10.2 Å². The fourth-order valence-corrected chi connectivity index (χ4v) is 5.49. The number of aromatic nitrogens is 2. The summed E-state index contributed by atoms with van der Waals surface area (Å²) in [5.41, 5.74) is 1.21. The van der Waals surface area contributed by atoms with Gasteiger partial charge in [-0.1, -0.05) is 72.7 Å². The van der Waals surface area contributed by atoms with Crippen LogP contribution in [0.5, 0.6) is 0 Å². The molecule has 1 aliphatic carbocycles. The highest BCUT2D eigenvalue weighted by molar-refractivity contribution is 8.02. The first-order valence-corrected chi connectivity index (χ1v) is 11.5. The molecule has 0 aliphatic heterocycles. The van der Waals surface area contributed by atoms with E-state index < -0.39 is 0 Å².